The second-order valence-corrected chi connectivity index (χ2v) is 18.5. The fourth-order valence-corrected chi connectivity index (χ4v) is 7.26. The number of hydrogen-bond acceptors (Lipinski definition) is 6. The highest BCUT2D eigenvalue weighted by Crippen LogP contribution is 2.65. The lowest BCUT2D eigenvalue weighted by Gasteiger charge is -2.38. The van der Waals surface area contributed by atoms with Crippen LogP contribution in [0.5, 0.6) is 0 Å². The minimum absolute atomic E-state index is 0.0518. The van der Waals surface area contributed by atoms with Crippen molar-refractivity contribution in [2.45, 2.75) is 98.8 Å². The van der Waals surface area contributed by atoms with E-state index in [1.54, 1.807) is 39.0 Å². The first-order valence-corrected chi connectivity index (χ1v) is 19.0. The number of hydrogen-bond donors (Lipinski definition) is 5. The lowest BCUT2D eigenvalue weighted by atomic mass is 9.85. The largest absolute Gasteiger partial charge is 0.354 e. The normalized spacial score (nSPS) is 21.9. The van der Waals surface area contributed by atoms with Crippen LogP contribution in [0.15, 0.2) is 24.3 Å². The Hall–Kier alpha value is -3.04. The molecule has 1 aromatic rings. The monoisotopic (exact) mass is 746 g/mol. The summed E-state index contributed by atoms with van der Waals surface area (Å²) in [5.74, 6) is -2.36. The maximum atomic E-state index is 14.3. The molecular formula is C34H53ClF2N6O6S. The number of piperidine rings is 1. The highest BCUT2D eigenvalue weighted by molar-refractivity contribution is 7.88. The van der Waals surface area contributed by atoms with Crippen molar-refractivity contribution in [3.05, 3.63) is 34.9 Å². The number of nitrogens with one attached hydrogen (secondary N) is 5. The van der Waals surface area contributed by atoms with Crippen LogP contribution in [0.1, 0.15) is 67.4 Å². The number of amides is 5. The minimum atomic E-state index is -3.54. The molecule has 5 N–H and O–H groups in total. The molecule has 0 spiro atoms. The van der Waals surface area contributed by atoms with Crippen LogP contribution in [0.25, 0.3) is 0 Å². The summed E-state index contributed by atoms with van der Waals surface area (Å²) in [6, 6.07) is 1.95. The Balaban J connectivity index is 1.78. The zero-order valence-corrected chi connectivity index (χ0v) is 31.9. The molecule has 50 heavy (non-hydrogen) atoms. The fraction of sp³-hybridized carbons (Fsp3) is 0.706. The number of halogens is 3. The van der Waals surface area contributed by atoms with Crippen molar-refractivity contribution in [2.75, 3.05) is 25.9 Å². The second kappa shape index (κ2) is 15.7. The number of sulfonamides is 1. The molecule has 282 valence electrons. The van der Waals surface area contributed by atoms with Gasteiger partial charge < -0.3 is 26.2 Å². The average Bonchev–Trinajstić information content (AvgIpc) is 3.27. The molecule has 1 saturated heterocycles. The number of rotatable bonds is 14. The summed E-state index contributed by atoms with van der Waals surface area (Å²) >= 11 is 6.02. The SMILES string of the molecule is CC(C)(C)[C@H](NC(=O)N[C@H](CNS(C)(=O)=O)C(C)(C)C)C(=O)N1C[C@H]2[C@@H]([C@H]1C(=O)N[C@@H](CC(F)F)C(=O)NCCc1cccc(Cl)c1)C2(C)C. The van der Waals surface area contributed by atoms with E-state index in [1.165, 1.54) is 4.90 Å². The molecule has 12 nitrogen and oxygen atoms in total. The maximum Gasteiger partial charge on any atom is 0.315 e. The molecule has 16 heteroatoms. The molecule has 1 aromatic carbocycles. The molecule has 2 fully saturated rings. The predicted octanol–water partition coefficient (Wildman–Crippen LogP) is 3.30. The van der Waals surface area contributed by atoms with Gasteiger partial charge in [-0.2, -0.15) is 0 Å². The molecule has 1 aliphatic heterocycles. The first-order chi connectivity index (χ1) is 22.8. The molecular weight excluding hydrogens is 694 g/mol. The number of carbonyl (C=O) groups is 4. The van der Waals surface area contributed by atoms with Crippen LogP contribution in [0.4, 0.5) is 13.6 Å². The van der Waals surface area contributed by atoms with E-state index in [0.29, 0.717) is 11.4 Å². The van der Waals surface area contributed by atoms with Crippen molar-refractivity contribution in [2.24, 2.45) is 28.1 Å². The molecule has 0 unspecified atom stereocenters. The van der Waals surface area contributed by atoms with Crippen molar-refractivity contribution in [3.8, 4) is 0 Å². The number of likely N-dealkylation sites (tertiary alicyclic amines) is 1. The van der Waals surface area contributed by atoms with E-state index >= 15 is 0 Å². The van der Waals surface area contributed by atoms with Crippen molar-refractivity contribution in [1.29, 1.82) is 0 Å². The van der Waals surface area contributed by atoms with Gasteiger partial charge in [0.1, 0.15) is 18.1 Å². The molecule has 3 rings (SSSR count). The van der Waals surface area contributed by atoms with Crippen LogP contribution in [0, 0.1) is 28.1 Å². The van der Waals surface area contributed by atoms with Crippen LogP contribution in [-0.4, -0.2) is 93.6 Å². The number of urea groups is 1. The molecule has 1 saturated carbocycles. The topological polar surface area (TPSA) is 166 Å². The summed E-state index contributed by atoms with van der Waals surface area (Å²) in [4.78, 5) is 56.0. The van der Waals surface area contributed by atoms with Gasteiger partial charge in [0, 0.05) is 37.1 Å². The van der Waals surface area contributed by atoms with Gasteiger partial charge in [-0.25, -0.2) is 26.7 Å². The Morgan fingerprint density at radius 3 is 2.20 bits per heavy atom. The van der Waals surface area contributed by atoms with E-state index in [1.807, 2.05) is 40.7 Å². The Morgan fingerprint density at radius 2 is 1.66 bits per heavy atom. The Kier molecular flexibility index (Phi) is 13.0. The number of nitrogens with zero attached hydrogens (tertiary/aromatic N) is 1. The predicted molar refractivity (Wildman–Crippen MR) is 188 cm³/mol. The Morgan fingerprint density at radius 1 is 1.02 bits per heavy atom. The Labute approximate surface area is 299 Å². The second-order valence-electron chi connectivity index (χ2n) is 16.2. The van der Waals surface area contributed by atoms with Gasteiger partial charge in [0.15, 0.2) is 0 Å². The first kappa shape index (κ1) is 41.4. The van der Waals surface area contributed by atoms with E-state index in [2.05, 4.69) is 26.0 Å². The van der Waals surface area contributed by atoms with Crippen molar-refractivity contribution >= 4 is 45.4 Å². The maximum absolute atomic E-state index is 14.3. The first-order valence-electron chi connectivity index (χ1n) is 16.8. The molecule has 0 aromatic heterocycles. The molecule has 5 amide bonds. The number of benzene rings is 1. The zero-order chi connectivity index (χ0) is 38.0. The third-order valence-corrected chi connectivity index (χ3v) is 10.6. The zero-order valence-electron chi connectivity index (χ0n) is 30.3. The molecule has 0 radical (unpaired) electrons. The van der Waals surface area contributed by atoms with Crippen LogP contribution in [0.2, 0.25) is 5.02 Å². The van der Waals surface area contributed by atoms with E-state index in [4.69, 9.17) is 11.6 Å². The molecule has 2 aliphatic rings. The molecule has 1 aliphatic carbocycles. The fourth-order valence-electron chi connectivity index (χ4n) is 6.58. The third kappa shape index (κ3) is 11.0. The van der Waals surface area contributed by atoms with Gasteiger partial charge >= 0.3 is 6.03 Å². The lowest BCUT2D eigenvalue weighted by molar-refractivity contribution is -0.144. The molecule has 0 bridgehead atoms. The Bertz CT molecular complexity index is 1530. The van der Waals surface area contributed by atoms with Crippen molar-refractivity contribution in [3.63, 3.8) is 0 Å². The van der Waals surface area contributed by atoms with Gasteiger partial charge in [-0.1, -0.05) is 79.1 Å². The van der Waals surface area contributed by atoms with E-state index in [0.717, 1.165) is 11.8 Å². The van der Waals surface area contributed by atoms with Gasteiger partial charge in [-0.15, -0.1) is 0 Å². The summed E-state index contributed by atoms with van der Waals surface area (Å²) in [5.41, 5.74) is -0.867. The highest BCUT2D eigenvalue weighted by atomic mass is 35.5. The quantitative estimate of drug-likeness (QED) is 0.196. The van der Waals surface area contributed by atoms with E-state index in [9.17, 15) is 36.4 Å². The summed E-state index contributed by atoms with van der Waals surface area (Å²) in [7, 11) is -3.54. The lowest BCUT2D eigenvalue weighted by Crippen LogP contribution is -2.62. The standard InChI is InChI=1S/C34H53ClF2N6O6S/c1-32(2,3)23(17-39-50(9,48)49)41-31(47)42-27(33(4,5)6)30(46)43-18-21-25(34(21,7)8)26(43)29(45)40-22(16-24(36)37)28(44)38-14-13-19-11-10-12-20(35)15-19/h10-12,15,21-27,39H,13-14,16-18H2,1-9H3,(H,38,44)(H,40,45)(H2,41,42,47)/t21-,22-,23+,25-,26-,27+/m0/s1. The van der Waals surface area contributed by atoms with Gasteiger partial charge in [0.25, 0.3) is 0 Å². The molecule has 6 atom stereocenters. The van der Waals surface area contributed by atoms with Gasteiger partial charge in [-0.3, -0.25) is 14.4 Å². The smallest absolute Gasteiger partial charge is 0.315 e. The summed E-state index contributed by atoms with van der Waals surface area (Å²) in [6.07, 6.45) is -2.39. The van der Waals surface area contributed by atoms with E-state index in [-0.39, 0.29) is 36.9 Å². The van der Waals surface area contributed by atoms with Gasteiger partial charge in [0.05, 0.1) is 6.26 Å². The third-order valence-electron chi connectivity index (χ3n) is 9.70. The minimum Gasteiger partial charge on any atom is -0.354 e. The summed E-state index contributed by atoms with van der Waals surface area (Å²) in [6.45, 7) is 14.9. The number of carbonyl (C=O) groups excluding carboxylic acids is 4. The molecule has 1 heterocycles. The van der Waals surface area contributed by atoms with Gasteiger partial charge in [-0.05, 0) is 52.2 Å². The summed E-state index contributed by atoms with van der Waals surface area (Å²) in [5, 5.41) is 11.2. The van der Waals surface area contributed by atoms with Crippen LogP contribution in [0.3, 0.4) is 0 Å². The number of alkyl halides is 2. The van der Waals surface area contributed by atoms with Crippen LogP contribution >= 0.6 is 11.6 Å². The average molecular weight is 747 g/mol. The van der Waals surface area contributed by atoms with Gasteiger partial charge in [0.2, 0.25) is 34.2 Å². The number of fused-ring (bicyclic) bond motifs is 1. The highest BCUT2D eigenvalue weighted by Gasteiger charge is 2.70. The summed E-state index contributed by atoms with van der Waals surface area (Å²) < 4.78 is 53.2. The van der Waals surface area contributed by atoms with Crippen LogP contribution < -0.4 is 26.0 Å². The van der Waals surface area contributed by atoms with E-state index < -0.39 is 81.6 Å². The van der Waals surface area contributed by atoms with Crippen LogP contribution in [-0.2, 0) is 30.8 Å². The van der Waals surface area contributed by atoms with Crippen molar-refractivity contribution in [1.82, 2.24) is 30.9 Å². The van der Waals surface area contributed by atoms with Crippen molar-refractivity contribution < 1.29 is 36.4 Å².